The summed E-state index contributed by atoms with van der Waals surface area (Å²) >= 11 is 0. The molecule has 2 aromatic heterocycles. The Hall–Kier alpha value is -7.43. The van der Waals surface area contributed by atoms with Gasteiger partial charge in [0.2, 0.25) is 0 Å². The third-order valence-corrected chi connectivity index (χ3v) is 10.7. The van der Waals surface area contributed by atoms with Crippen LogP contribution in [0.25, 0.3) is 111 Å². The Kier molecular flexibility index (Phi) is 7.14. The normalized spacial score (nSPS) is 11.6. The van der Waals surface area contributed by atoms with Gasteiger partial charge >= 0.3 is 0 Å². The van der Waals surface area contributed by atoms with Crippen molar-refractivity contribution in [2.45, 2.75) is 0 Å². The Labute approximate surface area is 317 Å². The molecule has 11 aromatic rings. The SMILES string of the molecule is c1ccc(-c2nc(-c3ccc(-c4ccc5ccccc5c4)cc3)nc(-c3cc(-c4ccc5ccc6ccccc6c5c4)c4c(c3)oc3ccccc34)n2)cc1. The molecule has 0 unspecified atom stereocenters. The van der Waals surface area contributed by atoms with Crippen LogP contribution in [0.15, 0.2) is 192 Å². The van der Waals surface area contributed by atoms with Crippen molar-refractivity contribution < 1.29 is 4.42 Å². The zero-order chi connectivity index (χ0) is 36.3. The van der Waals surface area contributed by atoms with Gasteiger partial charge in [-0.3, -0.25) is 0 Å². The van der Waals surface area contributed by atoms with E-state index in [1.807, 2.05) is 42.5 Å². The molecule has 11 rings (SSSR count). The van der Waals surface area contributed by atoms with Crippen LogP contribution in [0.1, 0.15) is 0 Å². The standard InChI is InChI=1S/C51H31N3O/c1-2-12-36(13-3-1)49-52-50(37-24-18-33(19-25-37)39-26-20-32-10-4-5-14-38(32)28-39)54-51(53-49)41-30-45(48-43-16-8-9-17-46(43)55-47(48)31-41)40-27-23-35-22-21-34-11-6-7-15-42(34)44(35)29-40/h1-31H. The first-order valence-corrected chi connectivity index (χ1v) is 18.5. The molecule has 0 fully saturated rings. The molecule has 0 aliphatic carbocycles. The molecular formula is C51H31N3O. The van der Waals surface area contributed by atoms with Gasteiger partial charge in [0, 0.05) is 27.5 Å². The monoisotopic (exact) mass is 701 g/mol. The van der Waals surface area contributed by atoms with Crippen LogP contribution in [0, 0.1) is 0 Å². The minimum absolute atomic E-state index is 0.581. The fourth-order valence-electron chi connectivity index (χ4n) is 7.91. The number of fused-ring (bicyclic) bond motifs is 7. The van der Waals surface area contributed by atoms with Crippen molar-refractivity contribution in [3.63, 3.8) is 0 Å². The van der Waals surface area contributed by atoms with Crippen LogP contribution >= 0.6 is 0 Å². The van der Waals surface area contributed by atoms with E-state index in [0.717, 1.165) is 55.3 Å². The molecule has 0 radical (unpaired) electrons. The number of rotatable bonds is 5. The van der Waals surface area contributed by atoms with Gasteiger partial charge in [0.05, 0.1) is 0 Å². The van der Waals surface area contributed by atoms with Crippen molar-refractivity contribution in [3.05, 3.63) is 188 Å². The van der Waals surface area contributed by atoms with Gasteiger partial charge in [-0.05, 0) is 84.9 Å². The fraction of sp³-hybridized carbons (Fsp3) is 0. The minimum atomic E-state index is 0.581. The summed E-state index contributed by atoms with van der Waals surface area (Å²) in [7, 11) is 0. The summed E-state index contributed by atoms with van der Waals surface area (Å²) in [6.07, 6.45) is 0. The van der Waals surface area contributed by atoms with E-state index in [2.05, 4.69) is 146 Å². The smallest absolute Gasteiger partial charge is 0.164 e. The van der Waals surface area contributed by atoms with Gasteiger partial charge in [0.25, 0.3) is 0 Å². The second-order valence-electron chi connectivity index (χ2n) is 14.0. The maximum atomic E-state index is 6.58. The Balaban J connectivity index is 1.10. The first kappa shape index (κ1) is 31.1. The number of benzene rings is 9. The topological polar surface area (TPSA) is 51.8 Å². The summed E-state index contributed by atoms with van der Waals surface area (Å²) in [4.78, 5) is 15.3. The molecule has 2 heterocycles. The fourth-order valence-corrected chi connectivity index (χ4v) is 7.91. The van der Waals surface area contributed by atoms with E-state index < -0.39 is 0 Å². The van der Waals surface area contributed by atoms with E-state index in [9.17, 15) is 0 Å². The molecule has 4 heteroatoms. The quantitative estimate of drug-likeness (QED) is 0.168. The molecule has 0 saturated heterocycles. The van der Waals surface area contributed by atoms with Crippen LogP contribution in [0.3, 0.4) is 0 Å². The van der Waals surface area contributed by atoms with Crippen molar-refractivity contribution in [1.29, 1.82) is 0 Å². The zero-order valence-electron chi connectivity index (χ0n) is 29.6. The van der Waals surface area contributed by atoms with Gasteiger partial charge in [-0.1, -0.05) is 158 Å². The van der Waals surface area contributed by atoms with Gasteiger partial charge in [-0.2, -0.15) is 0 Å². The number of aromatic nitrogens is 3. The van der Waals surface area contributed by atoms with E-state index in [-0.39, 0.29) is 0 Å². The first-order chi connectivity index (χ1) is 27.2. The number of nitrogens with zero attached hydrogens (tertiary/aromatic N) is 3. The Morgan fingerprint density at radius 1 is 0.291 bits per heavy atom. The zero-order valence-corrected chi connectivity index (χ0v) is 29.6. The minimum Gasteiger partial charge on any atom is -0.456 e. The van der Waals surface area contributed by atoms with Crippen molar-refractivity contribution in [2.24, 2.45) is 0 Å². The highest BCUT2D eigenvalue weighted by atomic mass is 16.3. The van der Waals surface area contributed by atoms with Gasteiger partial charge in [-0.25, -0.2) is 15.0 Å². The van der Waals surface area contributed by atoms with Crippen LogP contribution < -0.4 is 0 Å². The molecule has 0 aliphatic rings. The molecule has 9 aromatic carbocycles. The molecule has 0 atom stereocenters. The van der Waals surface area contributed by atoms with Gasteiger partial charge in [0.15, 0.2) is 17.5 Å². The Morgan fingerprint density at radius 3 is 1.64 bits per heavy atom. The Bertz CT molecular complexity index is 3260. The van der Waals surface area contributed by atoms with E-state index in [0.29, 0.717) is 17.5 Å². The summed E-state index contributed by atoms with van der Waals surface area (Å²) in [5, 5.41) is 9.45. The van der Waals surface area contributed by atoms with E-state index in [1.165, 1.54) is 37.9 Å². The summed E-state index contributed by atoms with van der Waals surface area (Å²) in [5.74, 6) is 1.80. The van der Waals surface area contributed by atoms with Crippen LogP contribution in [-0.2, 0) is 0 Å². The number of para-hydroxylation sites is 1. The van der Waals surface area contributed by atoms with Gasteiger partial charge in [0.1, 0.15) is 11.2 Å². The van der Waals surface area contributed by atoms with Crippen molar-refractivity contribution in [2.75, 3.05) is 0 Å². The van der Waals surface area contributed by atoms with Crippen molar-refractivity contribution in [1.82, 2.24) is 15.0 Å². The van der Waals surface area contributed by atoms with Crippen molar-refractivity contribution >= 4 is 54.3 Å². The van der Waals surface area contributed by atoms with Crippen LogP contribution in [0.5, 0.6) is 0 Å². The molecule has 0 bridgehead atoms. The molecule has 55 heavy (non-hydrogen) atoms. The van der Waals surface area contributed by atoms with Crippen molar-refractivity contribution in [3.8, 4) is 56.4 Å². The predicted octanol–water partition coefficient (Wildman–Crippen LogP) is 13.6. The lowest BCUT2D eigenvalue weighted by atomic mass is 9.93. The summed E-state index contributed by atoms with van der Waals surface area (Å²) < 4.78 is 6.58. The highest BCUT2D eigenvalue weighted by molar-refractivity contribution is 6.15. The third kappa shape index (κ3) is 5.43. The molecule has 256 valence electrons. The lowest BCUT2D eigenvalue weighted by Crippen LogP contribution is -2.00. The first-order valence-electron chi connectivity index (χ1n) is 18.5. The largest absolute Gasteiger partial charge is 0.456 e. The molecular weight excluding hydrogens is 671 g/mol. The molecule has 0 amide bonds. The molecule has 0 aliphatic heterocycles. The van der Waals surface area contributed by atoms with Crippen LogP contribution in [0.4, 0.5) is 0 Å². The average Bonchev–Trinajstić information content (AvgIpc) is 3.64. The lowest BCUT2D eigenvalue weighted by molar-refractivity contribution is 0.669. The second-order valence-corrected chi connectivity index (χ2v) is 14.0. The number of hydrogen-bond acceptors (Lipinski definition) is 4. The second kappa shape index (κ2) is 12.6. The highest BCUT2D eigenvalue weighted by Gasteiger charge is 2.19. The number of hydrogen-bond donors (Lipinski definition) is 0. The predicted molar refractivity (Wildman–Crippen MR) is 227 cm³/mol. The average molecular weight is 702 g/mol. The lowest BCUT2D eigenvalue weighted by Gasteiger charge is -2.12. The summed E-state index contributed by atoms with van der Waals surface area (Å²) in [6.45, 7) is 0. The number of furan rings is 1. The van der Waals surface area contributed by atoms with Crippen LogP contribution in [-0.4, -0.2) is 15.0 Å². The van der Waals surface area contributed by atoms with Gasteiger partial charge in [-0.15, -0.1) is 0 Å². The summed E-state index contributed by atoms with van der Waals surface area (Å²) in [5.41, 5.74) is 8.79. The van der Waals surface area contributed by atoms with E-state index >= 15 is 0 Å². The highest BCUT2D eigenvalue weighted by Crippen LogP contribution is 2.41. The molecule has 0 spiro atoms. The molecule has 0 saturated carbocycles. The molecule has 0 N–H and O–H groups in total. The summed E-state index contributed by atoms with van der Waals surface area (Å²) in [6, 6.07) is 65.9. The van der Waals surface area contributed by atoms with E-state index in [1.54, 1.807) is 0 Å². The Morgan fingerprint density at radius 2 is 0.836 bits per heavy atom. The van der Waals surface area contributed by atoms with Crippen LogP contribution in [0.2, 0.25) is 0 Å². The van der Waals surface area contributed by atoms with Gasteiger partial charge < -0.3 is 4.42 Å². The van der Waals surface area contributed by atoms with E-state index in [4.69, 9.17) is 19.4 Å². The maximum Gasteiger partial charge on any atom is 0.164 e. The molecule has 4 nitrogen and oxygen atoms in total. The maximum absolute atomic E-state index is 6.58. The third-order valence-electron chi connectivity index (χ3n) is 10.7.